The van der Waals surface area contributed by atoms with E-state index in [0.717, 1.165) is 0 Å². The van der Waals surface area contributed by atoms with E-state index in [1.54, 1.807) is 0 Å². The topological polar surface area (TPSA) is 67.4 Å². The van der Waals surface area contributed by atoms with Crippen LogP contribution in [-0.4, -0.2) is 31.1 Å². The lowest BCUT2D eigenvalue weighted by atomic mass is 9.92. The first kappa shape index (κ1) is 21.0. The first-order valence-corrected chi connectivity index (χ1v) is 7.78. The highest BCUT2D eigenvalue weighted by molar-refractivity contribution is 5.87. The molecule has 0 aromatic heterocycles. The van der Waals surface area contributed by atoms with Crippen molar-refractivity contribution in [2.45, 2.75) is 46.4 Å². The fourth-order valence-electron chi connectivity index (χ4n) is 1.99. The van der Waals surface area contributed by atoms with Crippen molar-refractivity contribution in [2.75, 3.05) is 6.61 Å². The fourth-order valence-corrected chi connectivity index (χ4v) is 1.99. The normalized spacial score (nSPS) is 12.8. The summed E-state index contributed by atoms with van der Waals surface area (Å²) in [4.78, 5) is 24.1. The van der Waals surface area contributed by atoms with Crippen molar-refractivity contribution in [1.82, 2.24) is 10.6 Å². The monoisotopic (exact) mass is 360 g/mol. The van der Waals surface area contributed by atoms with Gasteiger partial charge in [-0.25, -0.2) is 4.39 Å². The van der Waals surface area contributed by atoms with Gasteiger partial charge in [0.25, 0.3) is 0 Å². The Kier molecular flexibility index (Phi) is 7.89. The number of rotatable bonds is 8. The van der Waals surface area contributed by atoms with E-state index in [2.05, 4.69) is 15.4 Å². The summed E-state index contributed by atoms with van der Waals surface area (Å²) in [6, 6.07) is 4.20. The number of carbonyl (C=O) groups excluding carboxylic acids is 2. The Balaban J connectivity index is 2.64. The predicted molar refractivity (Wildman–Crippen MR) is 86.2 cm³/mol. The van der Waals surface area contributed by atoms with Crippen LogP contribution in [0.4, 0.5) is 13.2 Å². The zero-order valence-corrected chi connectivity index (χ0v) is 14.4. The molecule has 0 aliphatic heterocycles. The fraction of sp³-hybridized carbons (Fsp3) is 0.529. The van der Waals surface area contributed by atoms with E-state index in [9.17, 15) is 22.8 Å². The Hall–Kier alpha value is -2.09. The molecule has 0 saturated heterocycles. The SMILES string of the molecule is CC(C)(C)CC(=O)N[C@H](COC(F)F)C(=O)NCc1ccc(F)cc1. The number of alkyl halides is 2. The molecule has 0 saturated carbocycles. The molecule has 1 rings (SSSR count). The molecule has 25 heavy (non-hydrogen) atoms. The van der Waals surface area contributed by atoms with Crippen molar-refractivity contribution in [3.05, 3.63) is 35.6 Å². The smallest absolute Gasteiger partial charge is 0.345 e. The van der Waals surface area contributed by atoms with E-state index in [-0.39, 0.29) is 18.4 Å². The van der Waals surface area contributed by atoms with Crippen LogP contribution in [0.15, 0.2) is 24.3 Å². The Morgan fingerprint density at radius 2 is 1.76 bits per heavy atom. The first-order chi connectivity index (χ1) is 11.6. The highest BCUT2D eigenvalue weighted by Gasteiger charge is 2.25. The molecule has 140 valence electrons. The van der Waals surface area contributed by atoms with Crippen LogP contribution in [0.3, 0.4) is 0 Å². The number of benzene rings is 1. The molecule has 0 spiro atoms. The summed E-state index contributed by atoms with van der Waals surface area (Å²) in [5.74, 6) is -1.51. The second-order valence-electron chi connectivity index (χ2n) is 6.80. The molecule has 0 heterocycles. The second kappa shape index (κ2) is 9.41. The minimum absolute atomic E-state index is 0.0689. The van der Waals surface area contributed by atoms with Gasteiger partial charge in [-0.05, 0) is 23.1 Å². The van der Waals surface area contributed by atoms with Gasteiger partial charge in [-0.15, -0.1) is 0 Å². The molecule has 0 radical (unpaired) electrons. The molecular formula is C17H23F3N2O3. The van der Waals surface area contributed by atoms with Gasteiger partial charge in [0.2, 0.25) is 11.8 Å². The van der Waals surface area contributed by atoms with Crippen LogP contribution in [0.5, 0.6) is 0 Å². The third-order valence-corrected chi connectivity index (χ3v) is 3.11. The molecule has 0 bridgehead atoms. The summed E-state index contributed by atoms with van der Waals surface area (Å²) in [5, 5.41) is 4.91. The molecule has 0 fully saturated rings. The third kappa shape index (κ3) is 9.09. The van der Waals surface area contributed by atoms with Gasteiger partial charge in [0.1, 0.15) is 11.9 Å². The van der Waals surface area contributed by atoms with E-state index in [1.807, 2.05) is 20.8 Å². The zero-order valence-electron chi connectivity index (χ0n) is 14.4. The van der Waals surface area contributed by atoms with Crippen LogP contribution >= 0.6 is 0 Å². The van der Waals surface area contributed by atoms with Crippen molar-refractivity contribution < 1.29 is 27.5 Å². The van der Waals surface area contributed by atoms with Gasteiger partial charge in [0.05, 0.1) is 6.61 Å². The summed E-state index contributed by atoms with van der Waals surface area (Å²) in [7, 11) is 0. The van der Waals surface area contributed by atoms with Crippen molar-refractivity contribution >= 4 is 11.8 Å². The zero-order chi connectivity index (χ0) is 19.0. The minimum atomic E-state index is -3.05. The van der Waals surface area contributed by atoms with Gasteiger partial charge in [0, 0.05) is 13.0 Å². The first-order valence-electron chi connectivity index (χ1n) is 7.78. The molecule has 0 unspecified atom stereocenters. The van der Waals surface area contributed by atoms with Crippen molar-refractivity contribution in [3.63, 3.8) is 0 Å². The number of amides is 2. The van der Waals surface area contributed by atoms with Crippen molar-refractivity contribution in [3.8, 4) is 0 Å². The van der Waals surface area contributed by atoms with Crippen LogP contribution in [-0.2, 0) is 20.9 Å². The van der Waals surface area contributed by atoms with Crippen LogP contribution in [0.25, 0.3) is 0 Å². The number of hydrogen-bond acceptors (Lipinski definition) is 3. The number of nitrogens with one attached hydrogen (secondary N) is 2. The molecule has 2 amide bonds. The maximum Gasteiger partial charge on any atom is 0.345 e. The quantitative estimate of drug-likeness (QED) is 0.749. The largest absolute Gasteiger partial charge is 0.350 e. The summed E-state index contributed by atoms with van der Waals surface area (Å²) in [6.07, 6.45) is 0.128. The number of hydrogen-bond donors (Lipinski definition) is 2. The lowest BCUT2D eigenvalue weighted by molar-refractivity contribution is -0.147. The molecule has 1 aromatic rings. The summed E-state index contributed by atoms with van der Waals surface area (Å²) in [6.45, 7) is 1.89. The maximum absolute atomic E-state index is 12.8. The Morgan fingerprint density at radius 3 is 2.28 bits per heavy atom. The number of carbonyl (C=O) groups is 2. The van der Waals surface area contributed by atoms with Gasteiger partial charge in [-0.1, -0.05) is 32.9 Å². The van der Waals surface area contributed by atoms with Crippen LogP contribution < -0.4 is 10.6 Å². The van der Waals surface area contributed by atoms with Crippen LogP contribution in [0.2, 0.25) is 0 Å². The van der Waals surface area contributed by atoms with Crippen LogP contribution in [0.1, 0.15) is 32.8 Å². The van der Waals surface area contributed by atoms with Gasteiger partial charge < -0.3 is 15.4 Å². The maximum atomic E-state index is 12.8. The molecular weight excluding hydrogens is 337 g/mol. The minimum Gasteiger partial charge on any atom is -0.350 e. The summed E-state index contributed by atoms with van der Waals surface area (Å²) in [5.41, 5.74) is 0.312. The van der Waals surface area contributed by atoms with E-state index in [0.29, 0.717) is 5.56 Å². The second-order valence-corrected chi connectivity index (χ2v) is 6.80. The average molecular weight is 360 g/mol. The third-order valence-electron chi connectivity index (χ3n) is 3.11. The van der Waals surface area contributed by atoms with E-state index < -0.39 is 36.9 Å². The van der Waals surface area contributed by atoms with Crippen molar-refractivity contribution in [1.29, 1.82) is 0 Å². The van der Waals surface area contributed by atoms with Gasteiger partial charge in [-0.2, -0.15) is 8.78 Å². The Labute approximate surface area is 144 Å². The molecule has 1 aromatic carbocycles. The Bertz CT molecular complexity index is 571. The molecule has 2 N–H and O–H groups in total. The summed E-state index contributed by atoms with van der Waals surface area (Å²) >= 11 is 0. The Morgan fingerprint density at radius 1 is 1.16 bits per heavy atom. The van der Waals surface area contributed by atoms with Crippen molar-refractivity contribution in [2.24, 2.45) is 5.41 Å². The highest BCUT2D eigenvalue weighted by Crippen LogP contribution is 2.18. The van der Waals surface area contributed by atoms with E-state index in [4.69, 9.17) is 0 Å². The van der Waals surface area contributed by atoms with E-state index >= 15 is 0 Å². The molecule has 0 aliphatic rings. The number of halogens is 3. The molecule has 0 aliphatic carbocycles. The average Bonchev–Trinajstić information content (AvgIpc) is 2.48. The van der Waals surface area contributed by atoms with Gasteiger partial charge in [0.15, 0.2) is 0 Å². The lowest BCUT2D eigenvalue weighted by Crippen LogP contribution is -2.50. The summed E-state index contributed by atoms with van der Waals surface area (Å²) < 4.78 is 41.5. The predicted octanol–water partition coefficient (Wildman–Crippen LogP) is 2.60. The van der Waals surface area contributed by atoms with Crippen LogP contribution in [0, 0.1) is 11.2 Å². The standard InChI is InChI=1S/C17H23F3N2O3/c1-17(2,3)8-14(23)22-13(10-25-16(19)20)15(24)21-9-11-4-6-12(18)7-5-11/h4-7,13,16H,8-10H2,1-3H3,(H,21,24)(H,22,23)/t13-/m1/s1. The molecule has 5 nitrogen and oxygen atoms in total. The number of ether oxygens (including phenoxy) is 1. The lowest BCUT2D eigenvalue weighted by Gasteiger charge is -2.22. The van der Waals surface area contributed by atoms with Gasteiger partial charge in [-0.3, -0.25) is 9.59 Å². The molecule has 1 atom stereocenters. The van der Waals surface area contributed by atoms with Gasteiger partial charge >= 0.3 is 6.61 Å². The highest BCUT2D eigenvalue weighted by atomic mass is 19.3. The van der Waals surface area contributed by atoms with E-state index in [1.165, 1.54) is 24.3 Å². The molecule has 8 heteroatoms.